The average Bonchev–Trinajstić information content (AvgIpc) is 2.56. The van der Waals surface area contributed by atoms with Gasteiger partial charge in [0.05, 0.1) is 17.8 Å². The fourth-order valence-electron chi connectivity index (χ4n) is 4.58. The molecule has 1 N–H and O–H groups in total. The molecule has 1 heterocycles. The van der Waals surface area contributed by atoms with Gasteiger partial charge in [-0.05, 0) is 50.5 Å². The first-order valence-corrected chi connectivity index (χ1v) is 7.08. The zero-order valence-electron chi connectivity index (χ0n) is 11.2. The fourth-order valence-corrected chi connectivity index (χ4v) is 4.58. The van der Waals surface area contributed by atoms with Crippen LogP contribution < -0.4 is 0 Å². The van der Waals surface area contributed by atoms with Crippen molar-refractivity contribution in [3.8, 4) is 0 Å². The molecule has 2 heteroatoms. The van der Waals surface area contributed by atoms with Gasteiger partial charge in [-0.15, -0.1) is 0 Å². The summed E-state index contributed by atoms with van der Waals surface area (Å²) >= 11 is 0. The van der Waals surface area contributed by atoms with Crippen LogP contribution in [0, 0.1) is 11.3 Å². The molecule has 2 fully saturated rings. The van der Waals surface area contributed by atoms with E-state index in [0.717, 1.165) is 18.8 Å². The Hall–Kier alpha value is -0.340. The largest absolute Gasteiger partial charge is 0.389 e. The van der Waals surface area contributed by atoms with Gasteiger partial charge in [-0.1, -0.05) is 19.9 Å². The normalized spacial score (nSPS) is 53.2. The van der Waals surface area contributed by atoms with Crippen LogP contribution in [0.1, 0.15) is 52.9 Å². The van der Waals surface area contributed by atoms with E-state index in [1.165, 1.54) is 24.8 Å². The molecule has 1 saturated carbocycles. The second kappa shape index (κ2) is 3.58. The van der Waals surface area contributed by atoms with E-state index in [1.54, 1.807) is 0 Å². The predicted molar refractivity (Wildman–Crippen MR) is 67.7 cm³/mol. The smallest absolute Gasteiger partial charge is 0.0954 e. The monoisotopic (exact) mass is 236 g/mol. The van der Waals surface area contributed by atoms with Crippen LogP contribution in [0.25, 0.3) is 0 Å². The highest BCUT2D eigenvalue weighted by atomic mass is 16.5. The van der Waals surface area contributed by atoms with Crippen LogP contribution in [0.2, 0.25) is 0 Å². The lowest BCUT2D eigenvalue weighted by Gasteiger charge is -2.53. The molecule has 5 atom stereocenters. The van der Waals surface area contributed by atoms with Crippen LogP contribution in [0.5, 0.6) is 0 Å². The lowest BCUT2D eigenvalue weighted by Crippen LogP contribution is -2.53. The van der Waals surface area contributed by atoms with Crippen molar-refractivity contribution in [3.63, 3.8) is 0 Å². The van der Waals surface area contributed by atoms with Crippen LogP contribution in [-0.4, -0.2) is 22.9 Å². The standard InChI is InChI=1S/C15H24O2/c1-4-12-7-13(16)9-14(3)6-5-11-8-15(12,14)17-10(11)2/h7,10-11,13,16H,4-6,8-9H2,1-3H3/t10?,11?,13?,14-,15?/m1/s1. The summed E-state index contributed by atoms with van der Waals surface area (Å²) in [6.07, 6.45) is 7.72. The number of fused-ring (bicyclic) bond motifs is 1. The van der Waals surface area contributed by atoms with Crippen LogP contribution in [-0.2, 0) is 4.74 Å². The molecule has 0 amide bonds. The lowest BCUT2D eigenvalue weighted by atomic mass is 9.55. The van der Waals surface area contributed by atoms with Gasteiger partial charge in [0.15, 0.2) is 0 Å². The molecule has 2 bridgehead atoms. The number of hydrogen-bond donors (Lipinski definition) is 1. The summed E-state index contributed by atoms with van der Waals surface area (Å²) in [5, 5.41) is 10.1. The third-order valence-electron chi connectivity index (χ3n) is 5.60. The minimum Gasteiger partial charge on any atom is -0.389 e. The van der Waals surface area contributed by atoms with Gasteiger partial charge in [-0.3, -0.25) is 0 Å². The molecule has 96 valence electrons. The predicted octanol–water partition coefficient (Wildman–Crippen LogP) is 3.05. The Bertz CT molecular complexity index is 358. The number of ether oxygens (including phenoxy) is 1. The fraction of sp³-hybridized carbons (Fsp3) is 0.867. The SMILES string of the molecule is CCC1=CC(O)C[C@@]2(C)CCC3CC12OC3C. The van der Waals surface area contributed by atoms with E-state index in [0.29, 0.717) is 6.10 Å². The summed E-state index contributed by atoms with van der Waals surface area (Å²) in [6.45, 7) is 6.74. The first-order chi connectivity index (χ1) is 8.01. The molecule has 0 radical (unpaired) electrons. The Labute approximate surface area is 104 Å². The van der Waals surface area contributed by atoms with Gasteiger partial charge in [-0.2, -0.15) is 0 Å². The Morgan fingerprint density at radius 2 is 2.24 bits per heavy atom. The van der Waals surface area contributed by atoms with Crippen molar-refractivity contribution in [2.24, 2.45) is 11.3 Å². The average molecular weight is 236 g/mol. The van der Waals surface area contributed by atoms with E-state index in [4.69, 9.17) is 4.74 Å². The molecule has 2 aliphatic carbocycles. The number of aliphatic hydroxyl groups is 1. The molecule has 1 aliphatic heterocycles. The van der Waals surface area contributed by atoms with E-state index in [2.05, 4.69) is 26.8 Å². The highest BCUT2D eigenvalue weighted by Gasteiger charge is 2.61. The van der Waals surface area contributed by atoms with E-state index >= 15 is 0 Å². The topological polar surface area (TPSA) is 29.5 Å². The molecule has 0 aromatic rings. The van der Waals surface area contributed by atoms with Gasteiger partial charge in [0.2, 0.25) is 0 Å². The van der Waals surface area contributed by atoms with Crippen molar-refractivity contribution in [3.05, 3.63) is 11.6 Å². The van der Waals surface area contributed by atoms with E-state index in [1.807, 2.05) is 0 Å². The minimum absolute atomic E-state index is 0.0523. The van der Waals surface area contributed by atoms with Gasteiger partial charge in [0, 0.05) is 5.41 Å². The first kappa shape index (κ1) is 11.7. The Kier molecular flexibility index (Phi) is 2.47. The zero-order chi connectivity index (χ0) is 12.3. The Morgan fingerprint density at radius 1 is 1.47 bits per heavy atom. The molecule has 3 rings (SSSR count). The molecule has 2 nitrogen and oxygen atoms in total. The molecular formula is C15H24O2. The van der Waals surface area contributed by atoms with Crippen LogP contribution in [0.4, 0.5) is 0 Å². The van der Waals surface area contributed by atoms with Crippen molar-refractivity contribution in [2.75, 3.05) is 0 Å². The van der Waals surface area contributed by atoms with Crippen molar-refractivity contribution in [1.29, 1.82) is 0 Å². The van der Waals surface area contributed by atoms with E-state index < -0.39 is 0 Å². The summed E-state index contributed by atoms with van der Waals surface area (Å²) in [5.41, 5.74) is 1.45. The molecule has 1 spiro atoms. The maximum atomic E-state index is 10.1. The summed E-state index contributed by atoms with van der Waals surface area (Å²) < 4.78 is 6.45. The quantitative estimate of drug-likeness (QED) is 0.709. The maximum Gasteiger partial charge on any atom is 0.0954 e. The van der Waals surface area contributed by atoms with Gasteiger partial charge in [-0.25, -0.2) is 0 Å². The van der Waals surface area contributed by atoms with Crippen molar-refractivity contribution >= 4 is 0 Å². The highest BCUT2D eigenvalue weighted by Crippen LogP contribution is 2.62. The van der Waals surface area contributed by atoms with Crippen LogP contribution in [0.3, 0.4) is 0 Å². The molecule has 1 saturated heterocycles. The Morgan fingerprint density at radius 3 is 2.94 bits per heavy atom. The third-order valence-corrected chi connectivity index (χ3v) is 5.60. The second-order valence-electron chi connectivity index (χ2n) is 6.53. The molecular weight excluding hydrogens is 212 g/mol. The van der Waals surface area contributed by atoms with Gasteiger partial charge in [0.25, 0.3) is 0 Å². The van der Waals surface area contributed by atoms with E-state index in [-0.39, 0.29) is 17.1 Å². The van der Waals surface area contributed by atoms with Crippen molar-refractivity contribution < 1.29 is 9.84 Å². The summed E-state index contributed by atoms with van der Waals surface area (Å²) in [4.78, 5) is 0. The minimum atomic E-state index is -0.267. The summed E-state index contributed by atoms with van der Waals surface area (Å²) in [6, 6.07) is 0. The second-order valence-corrected chi connectivity index (χ2v) is 6.53. The third kappa shape index (κ3) is 1.40. The highest BCUT2D eigenvalue weighted by molar-refractivity contribution is 5.31. The number of hydrogen-bond acceptors (Lipinski definition) is 2. The van der Waals surface area contributed by atoms with Crippen molar-refractivity contribution in [1.82, 2.24) is 0 Å². The van der Waals surface area contributed by atoms with Crippen molar-refractivity contribution in [2.45, 2.75) is 70.7 Å². The molecule has 0 aromatic carbocycles. The maximum absolute atomic E-state index is 10.1. The number of rotatable bonds is 1. The summed E-state index contributed by atoms with van der Waals surface area (Å²) in [5.74, 6) is 0.730. The van der Waals surface area contributed by atoms with Gasteiger partial charge in [0.1, 0.15) is 0 Å². The van der Waals surface area contributed by atoms with E-state index in [9.17, 15) is 5.11 Å². The number of aliphatic hydroxyl groups excluding tert-OH is 1. The Balaban J connectivity index is 2.09. The first-order valence-electron chi connectivity index (χ1n) is 7.08. The van der Waals surface area contributed by atoms with Gasteiger partial charge >= 0.3 is 0 Å². The molecule has 4 unspecified atom stereocenters. The molecule has 3 aliphatic rings. The molecule has 0 aromatic heterocycles. The van der Waals surface area contributed by atoms with Crippen LogP contribution >= 0.6 is 0 Å². The summed E-state index contributed by atoms with van der Waals surface area (Å²) in [7, 11) is 0. The lowest BCUT2D eigenvalue weighted by molar-refractivity contribution is -0.113. The van der Waals surface area contributed by atoms with Crippen LogP contribution in [0.15, 0.2) is 11.6 Å². The molecule has 17 heavy (non-hydrogen) atoms. The zero-order valence-corrected chi connectivity index (χ0v) is 11.2. The van der Waals surface area contributed by atoms with Gasteiger partial charge < -0.3 is 9.84 Å².